The average molecular weight is 1130 g/mol. The minimum atomic E-state index is -0.789. The molecule has 0 aliphatic rings. The first kappa shape index (κ1) is 77.9. The van der Waals surface area contributed by atoms with Crippen LogP contribution in [0, 0.1) is 0 Å². The molecule has 81 heavy (non-hydrogen) atoms. The molecule has 0 amide bonds. The van der Waals surface area contributed by atoms with Gasteiger partial charge in [-0.2, -0.15) is 0 Å². The fourth-order valence-corrected chi connectivity index (χ4v) is 10.4. The van der Waals surface area contributed by atoms with Gasteiger partial charge in [0.25, 0.3) is 0 Å². The lowest BCUT2D eigenvalue weighted by molar-refractivity contribution is -0.167. The summed E-state index contributed by atoms with van der Waals surface area (Å²) in [4.78, 5) is 38.5. The first-order valence-electron chi connectivity index (χ1n) is 35.4. The average Bonchev–Trinajstić information content (AvgIpc) is 3.47. The van der Waals surface area contributed by atoms with Crippen LogP contribution < -0.4 is 0 Å². The predicted octanol–water partition coefficient (Wildman–Crippen LogP) is 24.4. The van der Waals surface area contributed by atoms with Gasteiger partial charge < -0.3 is 14.2 Å². The lowest BCUT2D eigenvalue weighted by atomic mass is 10.0. The normalized spacial score (nSPS) is 12.5. The summed E-state index contributed by atoms with van der Waals surface area (Å²) in [6.45, 7) is 6.56. The van der Waals surface area contributed by atoms with Gasteiger partial charge in [-0.1, -0.05) is 331 Å². The van der Waals surface area contributed by atoms with Crippen molar-refractivity contribution in [2.45, 2.75) is 374 Å². The maximum absolute atomic E-state index is 13.0. The Balaban J connectivity index is 4.34. The van der Waals surface area contributed by atoms with E-state index in [1.165, 1.54) is 218 Å². The zero-order chi connectivity index (χ0) is 58.5. The van der Waals surface area contributed by atoms with E-state index in [0.717, 1.165) is 109 Å². The highest BCUT2D eigenvalue weighted by atomic mass is 16.6. The van der Waals surface area contributed by atoms with Crippen LogP contribution in [0.15, 0.2) is 72.9 Å². The van der Waals surface area contributed by atoms with Crippen molar-refractivity contribution < 1.29 is 28.6 Å². The predicted molar refractivity (Wildman–Crippen MR) is 353 cm³/mol. The zero-order valence-corrected chi connectivity index (χ0v) is 54.1. The second kappa shape index (κ2) is 69.3. The Kier molecular flexibility index (Phi) is 66.6. The highest BCUT2D eigenvalue weighted by Gasteiger charge is 2.19. The third kappa shape index (κ3) is 67.5. The molecule has 1 unspecified atom stereocenters. The van der Waals surface area contributed by atoms with Gasteiger partial charge in [0.2, 0.25) is 0 Å². The molecule has 0 aliphatic heterocycles. The van der Waals surface area contributed by atoms with E-state index in [4.69, 9.17) is 14.2 Å². The molecule has 0 radical (unpaired) electrons. The number of hydrogen-bond donors (Lipinski definition) is 0. The van der Waals surface area contributed by atoms with Crippen LogP contribution in [0.25, 0.3) is 0 Å². The summed E-state index contributed by atoms with van der Waals surface area (Å²) in [6, 6.07) is 0. The molecular weight excluding hydrogens is 997 g/mol. The molecule has 0 aromatic rings. The first-order chi connectivity index (χ1) is 40.0. The Morgan fingerprint density at radius 2 is 0.481 bits per heavy atom. The van der Waals surface area contributed by atoms with Crippen LogP contribution in [-0.4, -0.2) is 37.2 Å². The lowest BCUT2D eigenvalue weighted by Gasteiger charge is -2.18. The van der Waals surface area contributed by atoms with Crippen LogP contribution in [0.3, 0.4) is 0 Å². The van der Waals surface area contributed by atoms with Gasteiger partial charge in [-0.05, 0) is 89.9 Å². The monoisotopic (exact) mass is 1130 g/mol. The molecule has 0 aromatic heterocycles. The van der Waals surface area contributed by atoms with Crippen molar-refractivity contribution in [3.8, 4) is 0 Å². The molecule has 0 N–H and O–H groups in total. The molecule has 0 heterocycles. The molecular formula is C75H134O6. The largest absolute Gasteiger partial charge is 0.462 e. The summed E-state index contributed by atoms with van der Waals surface area (Å²) in [7, 11) is 0. The number of unbranched alkanes of at least 4 members (excludes halogenated alkanes) is 42. The number of allylic oxidation sites excluding steroid dienone is 12. The second-order valence-corrected chi connectivity index (χ2v) is 23.8. The van der Waals surface area contributed by atoms with Crippen molar-refractivity contribution in [3.05, 3.63) is 72.9 Å². The van der Waals surface area contributed by atoms with Crippen LogP contribution in [0.2, 0.25) is 0 Å². The van der Waals surface area contributed by atoms with Gasteiger partial charge in [0.05, 0.1) is 0 Å². The SMILES string of the molecule is CC/C=C\C/C=C\C/C=C\C/C=C\C/C=C\CCCCCCCC(=O)OC(COC(=O)CCCCCCCCC/C=C\CCCCCCCC)COC(=O)CCCCCCCCCCCCCCCCCCCCCCCCCCC. The zero-order valence-electron chi connectivity index (χ0n) is 54.1. The molecule has 0 aromatic carbocycles. The first-order valence-corrected chi connectivity index (χ1v) is 35.4. The van der Waals surface area contributed by atoms with E-state index in [0.29, 0.717) is 19.3 Å². The maximum Gasteiger partial charge on any atom is 0.306 e. The topological polar surface area (TPSA) is 78.9 Å². The summed E-state index contributed by atoms with van der Waals surface area (Å²) in [5, 5.41) is 0. The molecule has 0 fully saturated rings. The lowest BCUT2D eigenvalue weighted by Crippen LogP contribution is -2.30. The molecule has 0 rings (SSSR count). The van der Waals surface area contributed by atoms with Crippen LogP contribution in [-0.2, 0) is 28.6 Å². The van der Waals surface area contributed by atoms with Crippen LogP contribution in [0.5, 0.6) is 0 Å². The second-order valence-electron chi connectivity index (χ2n) is 23.8. The Bertz CT molecular complexity index is 1490. The Hall–Kier alpha value is -3.15. The molecule has 0 bridgehead atoms. The maximum atomic E-state index is 13.0. The Morgan fingerprint density at radius 1 is 0.259 bits per heavy atom. The number of ether oxygens (including phenoxy) is 3. The van der Waals surface area contributed by atoms with Gasteiger partial charge >= 0.3 is 17.9 Å². The number of carbonyl (C=O) groups is 3. The van der Waals surface area contributed by atoms with E-state index in [-0.39, 0.29) is 31.1 Å². The van der Waals surface area contributed by atoms with E-state index in [1.807, 2.05) is 0 Å². The van der Waals surface area contributed by atoms with Gasteiger partial charge in [-0.15, -0.1) is 0 Å². The van der Waals surface area contributed by atoms with E-state index in [1.54, 1.807) is 0 Å². The molecule has 1 atom stereocenters. The quantitative estimate of drug-likeness (QED) is 0.0261. The standard InChI is InChI=1S/C75H134O6/c1-4-7-10-13-16-19-22-25-28-31-33-35-36-37-38-40-41-44-47-50-53-56-59-62-65-68-74(77)80-71-72(70-79-73(76)67-64-61-58-55-52-49-46-43-30-27-24-21-18-15-12-9-6-3)81-75(78)69-66-63-60-57-54-51-48-45-42-39-34-32-29-26-23-20-17-14-11-8-5-2/h8,11,17,20,26-27,29-30,34,39,45,48,72H,4-7,9-10,12-16,18-19,21-25,28,31-33,35-38,40-44,46-47,49-71H2,1-3H3/b11-8-,20-17-,29-26-,30-27-,39-34-,48-45-. The summed E-state index contributed by atoms with van der Waals surface area (Å²) in [5.41, 5.74) is 0. The van der Waals surface area contributed by atoms with Crippen molar-refractivity contribution in [2.75, 3.05) is 13.2 Å². The minimum absolute atomic E-state index is 0.0813. The number of hydrogen-bond acceptors (Lipinski definition) is 6. The van der Waals surface area contributed by atoms with Crippen molar-refractivity contribution in [1.29, 1.82) is 0 Å². The van der Waals surface area contributed by atoms with Crippen LogP contribution in [0.1, 0.15) is 367 Å². The van der Waals surface area contributed by atoms with Gasteiger partial charge in [0.15, 0.2) is 6.10 Å². The highest BCUT2D eigenvalue weighted by Crippen LogP contribution is 2.18. The molecule has 470 valence electrons. The Labute approximate surface area is 503 Å². The fourth-order valence-electron chi connectivity index (χ4n) is 10.4. The number of esters is 3. The molecule has 6 nitrogen and oxygen atoms in total. The van der Waals surface area contributed by atoms with Crippen LogP contribution >= 0.6 is 0 Å². The van der Waals surface area contributed by atoms with Gasteiger partial charge in [-0.25, -0.2) is 0 Å². The molecule has 0 aliphatic carbocycles. The van der Waals surface area contributed by atoms with Gasteiger partial charge in [0, 0.05) is 19.3 Å². The minimum Gasteiger partial charge on any atom is -0.462 e. The number of rotatable bonds is 65. The summed E-state index contributed by atoms with van der Waals surface area (Å²) in [5.74, 6) is -0.883. The fraction of sp³-hybridized carbons (Fsp3) is 0.800. The number of carbonyl (C=O) groups excluding carboxylic acids is 3. The van der Waals surface area contributed by atoms with Crippen molar-refractivity contribution >= 4 is 17.9 Å². The van der Waals surface area contributed by atoms with Gasteiger partial charge in [0.1, 0.15) is 13.2 Å². The third-order valence-corrected chi connectivity index (χ3v) is 15.7. The van der Waals surface area contributed by atoms with E-state index < -0.39 is 6.10 Å². The van der Waals surface area contributed by atoms with Crippen molar-refractivity contribution in [2.24, 2.45) is 0 Å². The van der Waals surface area contributed by atoms with E-state index in [2.05, 4.69) is 93.7 Å². The van der Waals surface area contributed by atoms with Crippen molar-refractivity contribution in [1.82, 2.24) is 0 Å². The van der Waals surface area contributed by atoms with Crippen LogP contribution in [0.4, 0.5) is 0 Å². The van der Waals surface area contributed by atoms with E-state index >= 15 is 0 Å². The molecule has 6 heteroatoms. The summed E-state index contributed by atoms with van der Waals surface area (Å²) < 4.78 is 17.0. The summed E-state index contributed by atoms with van der Waals surface area (Å²) >= 11 is 0. The third-order valence-electron chi connectivity index (χ3n) is 15.7. The van der Waals surface area contributed by atoms with E-state index in [9.17, 15) is 14.4 Å². The highest BCUT2D eigenvalue weighted by molar-refractivity contribution is 5.71. The Morgan fingerprint density at radius 3 is 0.765 bits per heavy atom. The van der Waals surface area contributed by atoms with Gasteiger partial charge in [-0.3, -0.25) is 14.4 Å². The summed E-state index contributed by atoms with van der Waals surface area (Å²) in [6.07, 6.45) is 90.7. The molecule has 0 spiro atoms. The molecule has 0 saturated carbocycles. The van der Waals surface area contributed by atoms with Crippen molar-refractivity contribution in [3.63, 3.8) is 0 Å². The smallest absolute Gasteiger partial charge is 0.306 e. The molecule has 0 saturated heterocycles.